The average Bonchev–Trinajstić information content (AvgIpc) is 3.12. The second-order valence-electron chi connectivity index (χ2n) is 8.92. The molecule has 2 nitrogen and oxygen atoms in total. The van der Waals surface area contributed by atoms with Gasteiger partial charge in [0.05, 0.1) is 11.0 Å². The second-order valence-corrected chi connectivity index (χ2v) is 8.92. The van der Waals surface area contributed by atoms with Crippen LogP contribution in [0.15, 0.2) is 66.7 Å². The Kier molecular flexibility index (Phi) is 4.58. The quantitative estimate of drug-likeness (QED) is 0.403. The minimum absolute atomic E-state index is 0.0198. The molecule has 0 aliphatic carbocycles. The highest BCUT2D eigenvalue weighted by molar-refractivity contribution is 5.82. The maximum Gasteiger partial charge on any atom is 0.112 e. The first-order valence-electron chi connectivity index (χ1n) is 10.0. The molecule has 1 aromatic heterocycles. The van der Waals surface area contributed by atoms with Gasteiger partial charge in [-0.05, 0) is 45.9 Å². The number of imidazole rings is 1. The number of nitrogens with one attached hydrogen (secondary N) is 1. The molecule has 0 saturated carbocycles. The number of hydrogen-bond acceptors (Lipinski definition) is 1. The summed E-state index contributed by atoms with van der Waals surface area (Å²) in [5.41, 5.74) is 8.45. The monoisotopic (exact) mass is 368 g/mol. The Balaban J connectivity index is 1.63. The second kappa shape index (κ2) is 6.94. The van der Waals surface area contributed by atoms with Crippen LogP contribution in [0.3, 0.4) is 0 Å². The van der Waals surface area contributed by atoms with Crippen LogP contribution in [0.1, 0.15) is 51.9 Å². The molecule has 3 aromatic carbocycles. The van der Waals surface area contributed by atoms with E-state index in [1.165, 1.54) is 27.8 Å². The molecular formula is C26H28N2. The smallest absolute Gasteiger partial charge is 0.112 e. The number of hydrogen-bond donors (Lipinski definition) is 1. The zero-order chi connectivity index (χ0) is 19.9. The van der Waals surface area contributed by atoms with Crippen LogP contribution in [0, 0.1) is 0 Å². The van der Waals surface area contributed by atoms with Gasteiger partial charge in [-0.15, -0.1) is 0 Å². The van der Waals surface area contributed by atoms with Gasteiger partial charge >= 0.3 is 0 Å². The van der Waals surface area contributed by atoms with Gasteiger partial charge in [-0.25, -0.2) is 4.98 Å². The molecule has 4 rings (SSSR count). The maximum absolute atomic E-state index is 4.74. The van der Waals surface area contributed by atoms with E-state index in [1.807, 2.05) is 0 Å². The van der Waals surface area contributed by atoms with Gasteiger partial charge in [0.1, 0.15) is 5.82 Å². The summed E-state index contributed by atoms with van der Waals surface area (Å²) in [6.45, 7) is 11.0. The fraction of sp³-hybridized carbons (Fsp3) is 0.269. The van der Waals surface area contributed by atoms with E-state index in [-0.39, 0.29) is 5.41 Å². The average molecular weight is 369 g/mol. The van der Waals surface area contributed by atoms with Gasteiger partial charge in [0.25, 0.3) is 0 Å². The highest BCUT2D eigenvalue weighted by Gasteiger charge is 2.18. The lowest BCUT2D eigenvalue weighted by molar-refractivity contribution is 0.554. The number of aromatic nitrogens is 2. The van der Waals surface area contributed by atoms with Gasteiger partial charge in [-0.2, -0.15) is 0 Å². The van der Waals surface area contributed by atoms with Crippen LogP contribution in [-0.4, -0.2) is 9.97 Å². The summed E-state index contributed by atoms with van der Waals surface area (Å²) in [4.78, 5) is 8.22. The van der Waals surface area contributed by atoms with Crippen molar-refractivity contribution in [2.75, 3.05) is 0 Å². The van der Waals surface area contributed by atoms with Crippen LogP contribution in [0.25, 0.3) is 33.3 Å². The van der Waals surface area contributed by atoms with E-state index >= 15 is 0 Å². The van der Waals surface area contributed by atoms with E-state index in [9.17, 15) is 0 Å². The van der Waals surface area contributed by atoms with Gasteiger partial charge in [-0.1, -0.05) is 89.2 Å². The fourth-order valence-electron chi connectivity index (χ4n) is 3.46. The normalized spacial score (nSPS) is 12.1. The van der Waals surface area contributed by atoms with Gasteiger partial charge in [0, 0.05) is 5.41 Å². The van der Waals surface area contributed by atoms with Gasteiger partial charge in [-0.3, -0.25) is 0 Å². The van der Waals surface area contributed by atoms with Gasteiger partial charge < -0.3 is 4.98 Å². The van der Waals surface area contributed by atoms with Crippen LogP contribution >= 0.6 is 0 Å². The van der Waals surface area contributed by atoms with Crippen molar-refractivity contribution in [2.24, 2.45) is 0 Å². The Morgan fingerprint density at radius 2 is 1.21 bits per heavy atom. The van der Waals surface area contributed by atoms with Crippen molar-refractivity contribution in [3.05, 3.63) is 78.1 Å². The summed E-state index contributed by atoms with van der Waals surface area (Å²) in [6.07, 6.45) is 0. The maximum atomic E-state index is 4.74. The first kappa shape index (κ1) is 18.5. The summed E-state index contributed by atoms with van der Waals surface area (Å²) in [7, 11) is 0. The molecule has 0 fully saturated rings. The molecule has 0 atom stereocenters. The third-order valence-electron chi connectivity index (χ3n) is 5.32. The van der Waals surface area contributed by atoms with Crippen LogP contribution in [0.4, 0.5) is 0 Å². The number of rotatable bonds is 3. The largest absolute Gasteiger partial charge is 0.342 e. The topological polar surface area (TPSA) is 28.7 Å². The molecule has 0 aliphatic rings. The number of fused-ring (bicyclic) bond motifs is 1. The summed E-state index contributed by atoms with van der Waals surface area (Å²) in [6, 6.07) is 24.2. The Labute approximate surface area is 167 Å². The first-order chi connectivity index (χ1) is 13.3. The van der Waals surface area contributed by atoms with Crippen molar-refractivity contribution < 1.29 is 0 Å². The Morgan fingerprint density at radius 1 is 0.714 bits per heavy atom. The zero-order valence-corrected chi connectivity index (χ0v) is 17.4. The van der Waals surface area contributed by atoms with Crippen molar-refractivity contribution >= 4 is 11.0 Å². The molecule has 0 radical (unpaired) electrons. The molecule has 0 bridgehead atoms. The van der Waals surface area contributed by atoms with Crippen molar-refractivity contribution in [2.45, 2.75) is 46.0 Å². The number of nitrogens with zero attached hydrogens (tertiary/aromatic N) is 1. The first-order valence-corrected chi connectivity index (χ1v) is 10.0. The van der Waals surface area contributed by atoms with Crippen molar-refractivity contribution in [3.63, 3.8) is 0 Å². The van der Waals surface area contributed by atoms with E-state index < -0.39 is 0 Å². The molecule has 4 aromatic rings. The Bertz CT molecular complexity index is 1090. The minimum atomic E-state index is 0.0198. The van der Waals surface area contributed by atoms with Crippen molar-refractivity contribution in [1.82, 2.24) is 9.97 Å². The number of H-pyrrole nitrogens is 1. The minimum Gasteiger partial charge on any atom is -0.342 e. The van der Waals surface area contributed by atoms with Crippen LogP contribution < -0.4 is 0 Å². The molecular weight excluding hydrogens is 340 g/mol. The Morgan fingerprint density at radius 3 is 1.75 bits per heavy atom. The van der Waals surface area contributed by atoms with Crippen LogP contribution in [-0.2, 0) is 5.41 Å². The predicted octanol–water partition coefficient (Wildman–Crippen LogP) is 7.32. The molecule has 1 N–H and O–H groups in total. The summed E-state index contributed by atoms with van der Waals surface area (Å²) in [5.74, 6) is 1.59. The summed E-state index contributed by atoms with van der Waals surface area (Å²) >= 11 is 0. The lowest BCUT2D eigenvalue weighted by atomic mass is 9.96. The van der Waals surface area contributed by atoms with Crippen molar-refractivity contribution in [3.8, 4) is 22.3 Å². The number of benzene rings is 3. The van der Waals surface area contributed by atoms with Gasteiger partial charge in [0.2, 0.25) is 0 Å². The number of aromatic amines is 1. The molecule has 0 saturated heterocycles. The summed E-state index contributed by atoms with van der Waals surface area (Å²) < 4.78 is 0. The molecule has 1 heterocycles. The molecule has 0 aliphatic heterocycles. The summed E-state index contributed by atoms with van der Waals surface area (Å²) in [5, 5.41) is 0. The predicted molar refractivity (Wildman–Crippen MR) is 120 cm³/mol. The zero-order valence-electron chi connectivity index (χ0n) is 17.4. The molecule has 142 valence electrons. The van der Waals surface area contributed by atoms with E-state index in [0.717, 1.165) is 16.9 Å². The van der Waals surface area contributed by atoms with E-state index in [0.29, 0.717) is 5.92 Å². The van der Waals surface area contributed by atoms with Crippen molar-refractivity contribution in [1.29, 1.82) is 0 Å². The molecule has 2 heteroatoms. The van der Waals surface area contributed by atoms with E-state index in [4.69, 9.17) is 4.98 Å². The highest BCUT2D eigenvalue weighted by Crippen LogP contribution is 2.29. The van der Waals surface area contributed by atoms with Crippen LogP contribution in [0.2, 0.25) is 0 Å². The molecule has 0 amide bonds. The van der Waals surface area contributed by atoms with Crippen LogP contribution in [0.5, 0.6) is 0 Å². The lowest BCUT2D eigenvalue weighted by Gasteiger charge is -2.13. The third-order valence-corrected chi connectivity index (χ3v) is 5.32. The van der Waals surface area contributed by atoms with Gasteiger partial charge in [0.15, 0.2) is 0 Å². The fourth-order valence-corrected chi connectivity index (χ4v) is 3.46. The standard InChI is InChI=1S/C26H28N2/c1-17(2)18-6-8-19(9-7-18)20-10-12-21(13-11-20)22-14-15-23-24(16-22)28-25(27-23)26(3,4)5/h6-17H,1-5H3,(H,27,28). The molecule has 0 spiro atoms. The third kappa shape index (κ3) is 3.60. The highest BCUT2D eigenvalue weighted by atomic mass is 14.9. The van der Waals surface area contributed by atoms with E-state index in [2.05, 4.69) is 106 Å². The Hall–Kier alpha value is -2.87. The van der Waals surface area contributed by atoms with E-state index in [1.54, 1.807) is 0 Å². The molecule has 28 heavy (non-hydrogen) atoms. The lowest BCUT2D eigenvalue weighted by Crippen LogP contribution is -2.12. The SMILES string of the molecule is CC(C)c1ccc(-c2ccc(-c3ccc4nc(C(C)(C)C)[nH]c4c3)cc2)cc1. The molecule has 0 unspecified atom stereocenters.